The third-order valence-corrected chi connectivity index (χ3v) is 3.68. The predicted molar refractivity (Wildman–Crippen MR) is 65.5 cm³/mol. The van der Waals surface area contributed by atoms with Crippen molar-refractivity contribution in [1.82, 2.24) is 9.88 Å². The molecule has 0 amide bonds. The summed E-state index contributed by atoms with van der Waals surface area (Å²) in [5.74, 6) is 0. The maximum atomic E-state index is 4.64. The summed E-state index contributed by atoms with van der Waals surface area (Å²) in [4.78, 5) is 8.56. The Morgan fingerprint density at radius 2 is 2.33 bits per heavy atom. The molecule has 0 saturated heterocycles. The van der Waals surface area contributed by atoms with Crippen LogP contribution in [0.5, 0.6) is 0 Å². The molecule has 2 rings (SSSR count). The Labute approximate surface area is 95.5 Å². The Kier molecular flexibility index (Phi) is 3.26. The lowest BCUT2D eigenvalue weighted by Gasteiger charge is -2.23. The highest BCUT2D eigenvalue weighted by molar-refractivity contribution is 7.15. The van der Waals surface area contributed by atoms with Crippen LogP contribution >= 0.6 is 11.3 Å². The number of fused-ring (bicyclic) bond motifs is 1. The molecule has 15 heavy (non-hydrogen) atoms. The normalized spacial score (nSPS) is 16.8. The molecule has 0 aromatic carbocycles. The Hall–Kier alpha value is -0.610. The Balaban J connectivity index is 2.11. The minimum absolute atomic E-state index is 0.472. The summed E-state index contributed by atoms with van der Waals surface area (Å²) in [6, 6.07) is 0.472. The molecule has 2 heterocycles. The van der Waals surface area contributed by atoms with Gasteiger partial charge in [-0.2, -0.15) is 0 Å². The first-order chi connectivity index (χ1) is 7.19. The largest absolute Gasteiger partial charge is 0.359 e. The van der Waals surface area contributed by atoms with Gasteiger partial charge in [-0.25, -0.2) is 4.98 Å². The Morgan fingerprint density at radius 1 is 1.53 bits per heavy atom. The molecule has 0 fully saturated rings. The molecule has 0 radical (unpaired) electrons. The van der Waals surface area contributed by atoms with E-state index in [0.717, 1.165) is 31.2 Å². The van der Waals surface area contributed by atoms with Gasteiger partial charge in [0.15, 0.2) is 5.13 Å². The Morgan fingerprint density at radius 3 is 3.00 bits per heavy atom. The van der Waals surface area contributed by atoms with Gasteiger partial charge in [0.2, 0.25) is 0 Å². The number of hydrogen-bond donors (Lipinski definition) is 1. The molecule has 1 aliphatic heterocycles. The lowest BCUT2D eigenvalue weighted by atomic mass is 10.2. The van der Waals surface area contributed by atoms with Gasteiger partial charge in [0.05, 0.1) is 5.69 Å². The van der Waals surface area contributed by atoms with Gasteiger partial charge in [-0.05, 0) is 20.4 Å². The summed E-state index contributed by atoms with van der Waals surface area (Å²) in [6.07, 6.45) is 1.11. The number of nitrogens with zero attached hydrogens (tertiary/aromatic N) is 2. The molecule has 0 saturated carbocycles. The van der Waals surface area contributed by atoms with Gasteiger partial charge in [0.25, 0.3) is 0 Å². The maximum absolute atomic E-state index is 4.64. The lowest BCUT2D eigenvalue weighted by molar-refractivity contribution is 0.270. The van der Waals surface area contributed by atoms with E-state index in [1.807, 2.05) is 11.3 Å². The fourth-order valence-corrected chi connectivity index (χ4v) is 3.02. The number of rotatable bonds is 3. The number of hydrogen-bond acceptors (Lipinski definition) is 4. The van der Waals surface area contributed by atoms with Crippen molar-refractivity contribution in [1.29, 1.82) is 0 Å². The number of nitrogens with one attached hydrogen (secondary N) is 1. The van der Waals surface area contributed by atoms with E-state index in [9.17, 15) is 0 Å². The van der Waals surface area contributed by atoms with Crippen LogP contribution in [0.15, 0.2) is 0 Å². The van der Waals surface area contributed by atoms with Crippen molar-refractivity contribution in [2.45, 2.75) is 39.8 Å². The molecular formula is C11H19N3S. The molecule has 3 nitrogen and oxygen atoms in total. The van der Waals surface area contributed by atoms with Crippen LogP contribution in [0.2, 0.25) is 0 Å². The number of likely N-dealkylation sites (N-methyl/N-ethyl adjacent to an activating group) is 1. The first kappa shape index (κ1) is 10.9. The molecular weight excluding hydrogens is 206 g/mol. The molecule has 0 spiro atoms. The van der Waals surface area contributed by atoms with Crippen molar-refractivity contribution in [2.75, 3.05) is 18.4 Å². The summed E-state index contributed by atoms with van der Waals surface area (Å²) >= 11 is 1.82. The van der Waals surface area contributed by atoms with Gasteiger partial charge in [-0.3, -0.25) is 4.90 Å². The van der Waals surface area contributed by atoms with E-state index in [-0.39, 0.29) is 0 Å². The summed E-state index contributed by atoms with van der Waals surface area (Å²) in [5, 5.41) is 4.47. The van der Waals surface area contributed by atoms with Gasteiger partial charge in [0, 0.05) is 30.4 Å². The zero-order chi connectivity index (χ0) is 10.8. The molecule has 1 aromatic heterocycles. The molecule has 0 bridgehead atoms. The summed E-state index contributed by atoms with van der Waals surface area (Å²) in [7, 11) is 0. The first-order valence-electron chi connectivity index (χ1n) is 5.66. The van der Waals surface area contributed by atoms with Crippen molar-refractivity contribution in [3.63, 3.8) is 0 Å². The van der Waals surface area contributed by atoms with Gasteiger partial charge >= 0.3 is 0 Å². The molecule has 1 aromatic rings. The molecule has 84 valence electrons. The number of anilines is 1. The number of thiazole rings is 1. The SMILES string of the molecule is CCN1CCc2nc(NC(C)C)sc2C1. The zero-order valence-electron chi connectivity index (χ0n) is 9.71. The van der Waals surface area contributed by atoms with Crippen molar-refractivity contribution in [3.05, 3.63) is 10.6 Å². The van der Waals surface area contributed by atoms with E-state index < -0.39 is 0 Å². The minimum atomic E-state index is 0.472. The summed E-state index contributed by atoms with van der Waals surface area (Å²) in [5.41, 5.74) is 1.31. The van der Waals surface area contributed by atoms with Crippen LogP contribution < -0.4 is 5.32 Å². The number of aromatic nitrogens is 1. The average Bonchev–Trinajstić information content (AvgIpc) is 2.57. The van der Waals surface area contributed by atoms with Crippen molar-refractivity contribution in [2.24, 2.45) is 0 Å². The van der Waals surface area contributed by atoms with Crippen molar-refractivity contribution >= 4 is 16.5 Å². The van der Waals surface area contributed by atoms with Crippen LogP contribution in [-0.2, 0) is 13.0 Å². The summed E-state index contributed by atoms with van der Waals surface area (Å²) < 4.78 is 0. The average molecular weight is 225 g/mol. The van der Waals surface area contributed by atoms with Crippen LogP contribution in [0, 0.1) is 0 Å². The smallest absolute Gasteiger partial charge is 0.183 e. The standard InChI is InChI=1S/C11H19N3S/c1-4-14-6-5-9-10(7-14)15-11(13-9)12-8(2)3/h8H,4-7H2,1-3H3,(H,12,13). The highest BCUT2D eigenvalue weighted by atomic mass is 32.1. The second-order valence-electron chi connectivity index (χ2n) is 4.31. The molecule has 4 heteroatoms. The third-order valence-electron chi connectivity index (χ3n) is 2.67. The van der Waals surface area contributed by atoms with E-state index in [2.05, 4.69) is 36.0 Å². The van der Waals surface area contributed by atoms with E-state index >= 15 is 0 Å². The molecule has 0 aliphatic carbocycles. The molecule has 1 aliphatic rings. The van der Waals surface area contributed by atoms with Gasteiger partial charge < -0.3 is 5.32 Å². The highest BCUT2D eigenvalue weighted by Gasteiger charge is 2.19. The van der Waals surface area contributed by atoms with Crippen LogP contribution in [0.1, 0.15) is 31.3 Å². The van der Waals surface area contributed by atoms with Crippen LogP contribution in [-0.4, -0.2) is 29.0 Å². The van der Waals surface area contributed by atoms with Crippen molar-refractivity contribution in [3.8, 4) is 0 Å². The van der Waals surface area contributed by atoms with Gasteiger partial charge in [-0.1, -0.05) is 6.92 Å². The molecule has 0 unspecified atom stereocenters. The second kappa shape index (κ2) is 4.49. The first-order valence-corrected chi connectivity index (χ1v) is 6.48. The minimum Gasteiger partial charge on any atom is -0.359 e. The zero-order valence-corrected chi connectivity index (χ0v) is 10.5. The van der Waals surface area contributed by atoms with Crippen LogP contribution in [0.25, 0.3) is 0 Å². The summed E-state index contributed by atoms with van der Waals surface area (Å²) in [6.45, 7) is 9.92. The van der Waals surface area contributed by atoms with E-state index in [4.69, 9.17) is 0 Å². The van der Waals surface area contributed by atoms with Crippen LogP contribution in [0.4, 0.5) is 5.13 Å². The van der Waals surface area contributed by atoms with Crippen molar-refractivity contribution < 1.29 is 0 Å². The molecule has 1 N–H and O–H groups in total. The fraction of sp³-hybridized carbons (Fsp3) is 0.727. The van der Waals surface area contributed by atoms with E-state index in [0.29, 0.717) is 6.04 Å². The molecule has 0 atom stereocenters. The third kappa shape index (κ3) is 2.49. The van der Waals surface area contributed by atoms with E-state index in [1.165, 1.54) is 10.6 Å². The van der Waals surface area contributed by atoms with Gasteiger partial charge in [-0.15, -0.1) is 11.3 Å². The van der Waals surface area contributed by atoms with Gasteiger partial charge in [0.1, 0.15) is 0 Å². The van der Waals surface area contributed by atoms with Crippen LogP contribution in [0.3, 0.4) is 0 Å². The maximum Gasteiger partial charge on any atom is 0.183 e. The lowest BCUT2D eigenvalue weighted by Crippen LogP contribution is -2.29. The Bertz CT molecular complexity index is 333. The topological polar surface area (TPSA) is 28.2 Å². The van der Waals surface area contributed by atoms with E-state index in [1.54, 1.807) is 0 Å². The second-order valence-corrected chi connectivity index (χ2v) is 5.39. The fourth-order valence-electron chi connectivity index (χ4n) is 1.83. The predicted octanol–water partition coefficient (Wildman–Crippen LogP) is 2.34. The quantitative estimate of drug-likeness (QED) is 0.856. The highest BCUT2D eigenvalue weighted by Crippen LogP contribution is 2.28. The monoisotopic (exact) mass is 225 g/mol.